The lowest BCUT2D eigenvalue weighted by atomic mass is 10.2. The van der Waals surface area contributed by atoms with Gasteiger partial charge in [-0.25, -0.2) is 15.0 Å². The van der Waals surface area contributed by atoms with Crippen molar-refractivity contribution in [2.45, 2.75) is 17.2 Å². The molecule has 112 valence electrons. The van der Waals surface area contributed by atoms with Gasteiger partial charge in [-0.1, -0.05) is 17.7 Å². The van der Waals surface area contributed by atoms with Crippen LogP contribution < -0.4 is 9.47 Å². The molecule has 0 bridgehead atoms. The average Bonchev–Trinajstić information content (AvgIpc) is 2.96. The molecular formula is C16H13NO4S. The van der Waals surface area contributed by atoms with Crippen molar-refractivity contribution in [3.63, 3.8) is 0 Å². The fraction of sp³-hybridized carbons (Fsp3) is 0.188. The molecule has 1 unspecified atom stereocenters. The van der Waals surface area contributed by atoms with Gasteiger partial charge in [-0.3, -0.25) is 4.85 Å². The van der Waals surface area contributed by atoms with E-state index < -0.39 is 15.2 Å². The highest BCUT2D eigenvalue weighted by molar-refractivity contribution is 7.91. The van der Waals surface area contributed by atoms with Crippen LogP contribution in [0.5, 0.6) is 11.5 Å². The lowest BCUT2D eigenvalue weighted by Gasteiger charge is -2.09. The van der Waals surface area contributed by atoms with Crippen LogP contribution in [0.15, 0.2) is 47.4 Å². The summed E-state index contributed by atoms with van der Waals surface area (Å²) in [7, 11) is -3.79. The highest BCUT2D eigenvalue weighted by Crippen LogP contribution is 2.38. The Hall–Kier alpha value is -2.52. The summed E-state index contributed by atoms with van der Waals surface area (Å²) < 4.78 is 35.8. The van der Waals surface area contributed by atoms with Gasteiger partial charge in [-0.05, 0) is 37.3 Å². The molecule has 22 heavy (non-hydrogen) atoms. The van der Waals surface area contributed by atoms with Crippen LogP contribution in [0.25, 0.3) is 4.85 Å². The summed E-state index contributed by atoms with van der Waals surface area (Å²) in [5.41, 5.74) is 1.33. The second kappa shape index (κ2) is 5.35. The van der Waals surface area contributed by atoms with Gasteiger partial charge in [0.25, 0.3) is 9.84 Å². The summed E-state index contributed by atoms with van der Waals surface area (Å²) in [6.45, 7) is 9.29. The van der Waals surface area contributed by atoms with Crippen molar-refractivity contribution < 1.29 is 17.9 Å². The maximum Gasteiger partial charge on any atom is 0.350 e. The first-order valence-corrected chi connectivity index (χ1v) is 8.13. The molecule has 6 heteroatoms. The van der Waals surface area contributed by atoms with Gasteiger partial charge in [0.2, 0.25) is 6.79 Å². The molecular weight excluding hydrogens is 302 g/mol. The van der Waals surface area contributed by atoms with Crippen molar-refractivity contribution in [3.05, 3.63) is 65.0 Å². The number of aryl methyl sites for hydroxylation is 1. The monoisotopic (exact) mass is 315 g/mol. The average molecular weight is 315 g/mol. The number of hydrogen-bond donors (Lipinski definition) is 0. The molecule has 1 aliphatic heterocycles. The van der Waals surface area contributed by atoms with Gasteiger partial charge in [0.05, 0.1) is 10.5 Å². The third kappa shape index (κ3) is 2.40. The van der Waals surface area contributed by atoms with E-state index in [1.165, 1.54) is 12.1 Å². The van der Waals surface area contributed by atoms with Crippen molar-refractivity contribution in [3.8, 4) is 11.5 Å². The van der Waals surface area contributed by atoms with Gasteiger partial charge >= 0.3 is 5.37 Å². The maximum absolute atomic E-state index is 12.7. The highest BCUT2D eigenvalue weighted by Gasteiger charge is 2.35. The summed E-state index contributed by atoms with van der Waals surface area (Å²) >= 11 is 0. The Kier molecular flexibility index (Phi) is 3.51. The van der Waals surface area contributed by atoms with E-state index in [4.69, 9.17) is 16.0 Å². The number of ether oxygens (including phenoxy) is 2. The van der Waals surface area contributed by atoms with E-state index in [0.717, 1.165) is 5.56 Å². The van der Waals surface area contributed by atoms with E-state index >= 15 is 0 Å². The molecule has 1 atom stereocenters. The van der Waals surface area contributed by atoms with E-state index in [1.807, 2.05) is 6.92 Å². The number of hydrogen-bond acceptors (Lipinski definition) is 4. The molecule has 5 nitrogen and oxygen atoms in total. The van der Waals surface area contributed by atoms with E-state index in [1.54, 1.807) is 30.3 Å². The minimum atomic E-state index is -3.79. The summed E-state index contributed by atoms with van der Waals surface area (Å²) in [5.74, 6) is 1.02. The molecule has 0 saturated heterocycles. The molecule has 0 N–H and O–H groups in total. The summed E-state index contributed by atoms with van der Waals surface area (Å²) in [6, 6.07) is 11.2. The van der Waals surface area contributed by atoms with Crippen molar-refractivity contribution >= 4 is 9.84 Å². The Bertz CT molecular complexity index is 851. The third-order valence-electron chi connectivity index (χ3n) is 3.44. The SMILES string of the molecule is [C-]#[N+]C(c1ccc2c(c1)OCO2)S(=O)(=O)c1ccc(C)cc1. The van der Waals surface area contributed by atoms with Gasteiger partial charge in [0, 0.05) is 0 Å². The molecule has 1 heterocycles. The molecule has 0 amide bonds. The first kappa shape index (κ1) is 14.4. The molecule has 0 saturated carbocycles. The Balaban J connectivity index is 2.04. The second-order valence-electron chi connectivity index (χ2n) is 4.95. The quantitative estimate of drug-likeness (QED) is 0.817. The summed E-state index contributed by atoms with van der Waals surface area (Å²) in [4.78, 5) is 3.46. The fourth-order valence-corrected chi connectivity index (χ4v) is 3.66. The summed E-state index contributed by atoms with van der Waals surface area (Å²) in [6.07, 6.45) is 0. The zero-order valence-electron chi connectivity index (χ0n) is 11.8. The Morgan fingerprint density at radius 1 is 1.09 bits per heavy atom. The van der Waals surface area contributed by atoms with Crippen LogP contribution in [-0.2, 0) is 9.84 Å². The number of benzene rings is 2. The number of sulfone groups is 1. The van der Waals surface area contributed by atoms with E-state index in [-0.39, 0.29) is 11.7 Å². The van der Waals surface area contributed by atoms with Gasteiger partial charge in [-0.2, -0.15) is 0 Å². The molecule has 0 aliphatic carbocycles. The molecule has 2 aromatic rings. The molecule has 1 aliphatic rings. The zero-order chi connectivity index (χ0) is 15.7. The minimum absolute atomic E-state index is 0.103. The number of rotatable bonds is 3. The predicted octanol–water partition coefficient (Wildman–Crippen LogP) is 3.12. The van der Waals surface area contributed by atoms with Crippen molar-refractivity contribution in [1.82, 2.24) is 0 Å². The van der Waals surface area contributed by atoms with Crippen LogP contribution in [0.4, 0.5) is 0 Å². The normalized spacial score (nSPS) is 14.4. The van der Waals surface area contributed by atoms with Crippen LogP contribution in [0.2, 0.25) is 0 Å². The van der Waals surface area contributed by atoms with E-state index in [2.05, 4.69) is 4.85 Å². The van der Waals surface area contributed by atoms with E-state index in [9.17, 15) is 8.42 Å². The topological polar surface area (TPSA) is 57.0 Å². The van der Waals surface area contributed by atoms with E-state index in [0.29, 0.717) is 17.1 Å². The first-order valence-electron chi connectivity index (χ1n) is 6.59. The van der Waals surface area contributed by atoms with Crippen molar-refractivity contribution in [2.24, 2.45) is 0 Å². The lowest BCUT2D eigenvalue weighted by Crippen LogP contribution is -2.10. The second-order valence-corrected chi connectivity index (χ2v) is 6.96. The standard InChI is InChI=1S/C16H13NO4S/c1-11-3-6-13(7-4-11)22(18,19)16(17-2)12-5-8-14-15(9-12)21-10-20-14/h3-9,16H,10H2,1H3. The molecule has 2 aromatic carbocycles. The highest BCUT2D eigenvalue weighted by atomic mass is 32.2. The predicted molar refractivity (Wildman–Crippen MR) is 80.3 cm³/mol. The molecule has 3 rings (SSSR count). The van der Waals surface area contributed by atoms with Crippen LogP contribution >= 0.6 is 0 Å². The Labute approximate surface area is 128 Å². The number of fused-ring (bicyclic) bond motifs is 1. The van der Waals surface area contributed by atoms with Gasteiger partial charge in [0.1, 0.15) is 0 Å². The zero-order valence-corrected chi connectivity index (χ0v) is 12.6. The largest absolute Gasteiger partial charge is 0.454 e. The Morgan fingerprint density at radius 3 is 2.45 bits per heavy atom. The molecule has 0 spiro atoms. The Morgan fingerprint density at radius 2 is 1.77 bits per heavy atom. The summed E-state index contributed by atoms with van der Waals surface area (Å²) in [5, 5.41) is -1.30. The minimum Gasteiger partial charge on any atom is -0.454 e. The molecule has 0 aromatic heterocycles. The fourth-order valence-electron chi connectivity index (χ4n) is 2.25. The molecule has 0 fully saturated rings. The first-order chi connectivity index (χ1) is 10.5. The van der Waals surface area contributed by atoms with Gasteiger partial charge in [-0.15, -0.1) is 0 Å². The van der Waals surface area contributed by atoms with Crippen LogP contribution in [-0.4, -0.2) is 15.2 Å². The van der Waals surface area contributed by atoms with Crippen LogP contribution in [0.3, 0.4) is 0 Å². The van der Waals surface area contributed by atoms with Gasteiger partial charge in [0.15, 0.2) is 11.5 Å². The van der Waals surface area contributed by atoms with Crippen molar-refractivity contribution in [2.75, 3.05) is 6.79 Å². The van der Waals surface area contributed by atoms with Gasteiger partial charge < -0.3 is 9.47 Å². The van der Waals surface area contributed by atoms with Crippen LogP contribution in [0, 0.1) is 13.5 Å². The smallest absolute Gasteiger partial charge is 0.350 e. The maximum atomic E-state index is 12.7. The van der Waals surface area contributed by atoms with Crippen molar-refractivity contribution in [1.29, 1.82) is 0 Å². The number of nitrogens with zero attached hydrogens (tertiary/aromatic N) is 1. The molecule has 0 radical (unpaired) electrons. The third-order valence-corrected chi connectivity index (χ3v) is 5.34. The van der Waals surface area contributed by atoms with Crippen LogP contribution in [0.1, 0.15) is 16.5 Å². The lowest BCUT2D eigenvalue weighted by molar-refractivity contribution is 0.174.